The molecule has 0 unspecified atom stereocenters. The fourth-order valence-electron chi connectivity index (χ4n) is 2.08. The van der Waals surface area contributed by atoms with Crippen molar-refractivity contribution in [2.24, 2.45) is 0 Å². The lowest BCUT2D eigenvalue weighted by Crippen LogP contribution is -1.92. The molecule has 0 fully saturated rings. The third-order valence-electron chi connectivity index (χ3n) is 3.03. The molecule has 0 atom stereocenters. The van der Waals surface area contributed by atoms with Crippen molar-refractivity contribution >= 4 is 44.3 Å². The maximum absolute atomic E-state index is 14.1. The van der Waals surface area contributed by atoms with Gasteiger partial charge in [-0.15, -0.1) is 0 Å². The van der Waals surface area contributed by atoms with E-state index in [2.05, 4.69) is 43.7 Å². The van der Waals surface area contributed by atoms with Crippen molar-refractivity contribution in [3.63, 3.8) is 0 Å². The van der Waals surface area contributed by atoms with Crippen LogP contribution in [0.1, 0.15) is 0 Å². The molecular weight excluding hydrogens is 450 g/mol. The summed E-state index contributed by atoms with van der Waals surface area (Å²) in [6.45, 7) is 0. The first kappa shape index (κ1) is 14.5. The second-order valence-electron chi connectivity index (χ2n) is 4.38. The number of nitrogens with two attached hydrogens (primary N) is 1. The molecule has 0 saturated carbocycles. The van der Waals surface area contributed by atoms with Gasteiger partial charge in [0.25, 0.3) is 0 Å². The zero-order valence-electron chi connectivity index (χ0n) is 10.6. The van der Waals surface area contributed by atoms with Crippen LogP contribution >= 0.6 is 38.5 Å². The molecule has 6 heteroatoms. The van der Waals surface area contributed by atoms with Gasteiger partial charge < -0.3 is 10.3 Å². The highest BCUT2D eigenvalue weighted by molar-refractivity contribution is 14.1. The minimum Gasteiger partial charge on any atom is -0.380 e. The number of anilines is 1. The van der Waals surface area contributed by atoms with Crippen LogP contribution in [0.15, 0.2) is 51.5 Å². The predicted octanol–water partition coefficient (Wildman–Crippen LogP) is 5.10. The first-order valence-corrected chi connectivity index (χ1v) is 7.90. The number of aromatic nitrogens is 1. The molecule has 0 saturated heterocycles. The highest BCUT2D eigenvalue weighted by Gasteiger charge is 2.21. The Hall–Kier alpha value is -1.41. The van der Waals surface area contributed by atoms with Gasteiger partial charge in [0.1, 0.15) is 5.82 Å². The molecule has 0 aliphatic carbocycles. The van der Waals surface area contributed by atoms with Crippen molar-refractivity contribution in [2.75, 3.05) is 5.73 Å². The summed E-state index contributed by atoms with van der Waals surface area (Å²) in [6, 6.07) is 12.2. The molecule has 106 valence electrons. The van der Waals surface area contributed by atoms with Gasteiger partial charge in [-0.3, -0.25) is 0 Å². The van der Waals surface area contributed by atoms with E-state index >= 15 is 0 Å². The molecule has 1 aromatic heterocycles. The Labute approximate surface area is 142 Å². The van der Waals surface area contributed by atoms with E-state index < -0.39 is 0 Å². The van der Waals surface area contributed by atoms with Crippen molar-refractivity contribution < 1.29 is 8.91 Å². The summed E-state index contributed by atoms with van der Waals surface area (Å²) in [4.78, 5) is 0. The highest BCUT2D eigenvalue weighted by Crippen LogP contribution is 2.40. The molecule has 1 heterocycles. The Morgan fingerprint density at radius 2 is 1.90 bits per heavy atom. The fraction of sp³-hybridized carbons (Fsp3) is 0. The van der Waals surface area contributed by atoms with Crippen molar-refractivity contribution in [1.29, 1.82) is 0 Å². The zero-order chi connectivity index (χ0) is 15.0. The standard InChI is InChI=1S/C15H9BrFIN2O/c16-11-6-5-8(18)7-10(11)14-13(15(19)20-21-14)9-3-1-2-4-12(9)17/h1-7H,(H2,19,20). The van der Waals surface area contributed by atoms with E-state index in [0.29, 0.717) is 16.9 Å². The summed E-state index contributed by atoms with van der Waals surface area (Å²) in [5.41, 5.74) is 7.50. The third kappa shape index (κ3) is 2.69. The van der Waals surface area contributed by atoms with Crippen molar-refractivity contribution in [1.82, 2.24) is 5.16 Å². The van der Waals surface area contributed by atoms with Crippen LogP contribution in [0.5, 0.6) is 0 Å². The summed E-state index contributed by atoms with van der Waals surface area (Å²) in [7, 11) is 0. The molecule has 0 radical (unpaired) electrons. The second-order valence-corrected chi connectivity index (χ2v) is 6.48. The van der Waals surface area contributed by atoms with Gasteiger partial charge in [-0.1, -0.05) is 39.3 Å². The van der Waals surface area contributed by atoms with E-state index in [0.717, 1.165) is 13.6 Å². The maximum Gasteiger partial charge on any atom is 0.178 e. The molecule has 3 aromatic rings. The first-order valence-electron chi connectivity index (χ1n) is 6.03. The SMILES string of the molecule is Nc1noc(-c2cc(I)ccc2Br)c1-c1ccccc1F. The normalized spacial score (nSPS) is 10.8. The van der Waals surface area contributed by atoms with Crippen LogP contribution < -0.4 is 5.73 Å². The summed E-state index contributed by atoms with van der Waals surface area (Å²) in [6.07, 6.45) is 0. The Morgan fingerprint density at radius 3 is 2.67 bits per heavy atom. The van der Waals surface area contributed by atoms with Gasteiger partial charge in [-0.05, 0) is 46.9 Å². The van der Waals surface area contributed by atoms with Gasteiger partial charge in [0, 0.05) is 19.2 Å². The Bertz CT molecular complexity index is 819. The van der Waals surface area contributed by atoms with E-state index in [1.54, 1.807) is 18.2 Å². The van der Waals surface area contributed by atoms with E-state index in [4.69, 9.17) is 10.3 Å². The molecule has 0 aliphatic heterocycles. The number of nitrogens with zero attached hydrogens (tertiary/aromatic N) is 1. The molecule has 2 N–H and O–H groups in total. The lowest BCUT2D eigenvalue weighted by atomic mass is 10.0. The Kier molecular flexibility index (Phi) is 3.99. The van der Waals surface area contributed by atoms with Crippen LogP contribution in [-0.2, 0) is 0 Å². The van der Waals surface area contributed by atoms with Crippen LogP contribution in [0, 0.1) is 9.39 Å². The minimum absolute atomic E-state index is 0.167. The number of hydrogen-bond acceptors (Lipinski definition) is 3. The van der Waals surface area contributed by atoms with E-state index in [9.17, 15) is 4.39 Å². The number of halogens is 3. The lowest BCUT2D eigenvalue weighted by molar-refractivity contribution is 0.436. The van der Waals surface area contributed by atoms with Crippen LogP contribution in [0.4, 0.5) is 10.2 Å². The molecule has 3 rings (SSSR count). The van der Waals surface area contributed by atoms with E-state index in [1.165, 1.54) is 6.07 Å². The van der Waals surface area contributed by atoms with Crippen LogP contribution in [0.2, 0.25) is 0 Å². The molecule has 3 nitrogen and oxygen atoms in total. The van der Waals surface area contributed by atoms with Crippen molar-refractivity contribution in [3.05, 3.63) is 56.3 Å². The minimum atomic E-state index is -0.365. The summed E-state index contributed by atoms with van der Waals surface area (Å²) < 4.78 is 21.3. The van der Waals surface area contributed by atoms with Gasteiger partial charge in [-0.2, -0.15) is 0 Å². The van der Waals surface area contributed by atoms with Gasteiger partial charge in [-0.25, -0.2) is 4.39 Å². The molecule has 0 amide bonds. The van der Waals surface area contributed by atoms with Gasteiger partial charge >= 0.3 is 0 Å². The smallest absolute Gasteiger partial charge is 0.178 e. The number of benzene rings is 2. The zero-order valence-corrected chi connectivity index (χ0v) is 14.4. The number of rotatable bonds is 2. The van der Waals surface area contributed by atoms with Crippen LogP contribution in [0.25, 0.3) is 22.5 Å². The predicted molar refractivity (Wildman–Crippen MR) is 92.2 cm³/mol. The molecule has 0 bridgehead atoms. The molecule has 0 spiro atoms. The largest absolute Gasteiger partial charge is 0.380 e. The quantitative estimate of drug-likeness (QED) is 0.543. The van der Waals surface area contributed by atoms with E-state index in [1.807, 2.05) is 18.2 Å². The van der Waals surface area contributed by atoms with Crippen molar-refractivity contribution in [2.45, 2.75) is 0 Å². The molecule has 2 aromatic carbocycles. The fourth-order valence-corrected chi connectivity index (χ4v) is 3.00. The van der Waals surface area contributed by atoms with Crippen LogP contribution in [0.3, 0.4) is 0 Å². The second kappa shape index (κ2) is 5.76. The topological polar surface area (TPSA) is 52.0 Å². The molecule has 0 aliphatic rings. The van der Waals surface area contributed by atoms with Crippen LogP contribution in [-0.4, -0.2) is 5.16 Å². The highest BCUT2D eigenvalue weighted by atomic mass is 127. The lowest BCUT2D eigenvalue weighted by Gasteiger charge is -2.06. The van der Waals surface area contributed by atoms with Gasteiger partial charge in [0.2, 0.25) is 0 Å². The Morgan fingerprint density at radius 1 is 1.14 bits per heavy atom. The summed E-state index contributed by atoms with van der Waals surface area (Å²) >= 11 is 5.68. The van der Waals surface area contributed by atoms with Crippen molar-refractivity contribution in [3.8, 4) is 22.5 Å². The third-order valence-corrected chi connectivity index (χ3v) is 4.40. The first-order chi connectivity index (χ1) is 10.1. The van der Waals surface area contributed by atoms with Gasteiger partial charge in [0.05, 0.1) is 5.56 Å². The monoisotopic (exact) mass is 458 g/mol. The Balaban J connectivity index is 2.27. The average Bonchev–Trinajstić information content (AvgIpc) is 2.84. The summed E-state index contributed by atoms with van der Waals surface area (Å²) in [5, 5.41) is 3.79. The molecule has 21 heavy (non-hydrogen) atoms. The number of nitrogen functional groups attached to an aromatic ring is 1. The number of hydrogen-bond donors (Lipinski definition) is 1. The van der Waals surface area contributed by atoms with E-state index in [-0.39, 0.29) is 11.6 Å². The molecular formula is C15H9BrFIN2O. The summed E-state index contributed by atoms with van der Waals surface area (Å²) in [5.74, 6) is 0.249. The van der Waals surface area contributed by atoms with Gasteiger partial charge in [0.15, 0.2) is 11.6 Å². The maximum atomic E-state index is 14.1. The average molecular weight is 459 g/mol.